The fraction of sp³-hybridized carbons (Fsp3) is 0.800. The van der Waals surface area contributed by atoms with Crippen LogP contribution in [0.4, 0.5) is 0 Å². The quantitative estimate of drug-likeness (QED) is 0.139. The molecule has 0 heterocycles. The molecule has 1 aromatic carbocycles. The van der Waals surface area contributed by atoms with Crippen molar-refractivity contribution in [3.8, 4) is 0 Å². The van der Waals surface area contributed by atoms with Crippen LogP contribution in [0.15, 0.2) is 24.3 Å². The van der Waals surface area contributed by atoms with Crippen LogP contribution in [0.3, 0.4) is 0 Å². The molecular weight excluding hydrogens is 388 g/mol. The van der Waals surface area contributed by atoms with Crippen LogP contribution in [0.25, 0.3) is 0 Å². The van der Waals surface area contributed by atoms with Crippen LogP contribution in [0.1, 0.15) is 116 Å². The summed E-state index contributed by atoms with van der Waals surface area (Å²) in [6.45, 7) is 16.9. The van der Waals surface area contributed by atoms with Gasteiger partial charge in [-0.15, -0.1) is 0 Å². The molecular formula is C30H58N2+2. The first-order valence-corrected chi connectivity index (χ1v) is 14.1. The van der Waals surface area contributed by atoms with Crippen LogP contribution in [-0.2, 0) is 13.1 Å². The average molecular weight is 447 g/mol. The van der Waals surface area contributed by atoms with Crippen LogP contribution in [0, 0.1) is 0 Å². The van der Waals surface area contributed by atoms with Crippen molar-refractivity contribution < 1.29 is 8.97 Å². The minimum absolute atomic E-state index is 1.19. The van der Waals surface area contributed by atoms with E-state index in [0.29, 0.717) is 0 Å². The van der Waals surface area contributed by atoms with Crippen LogP contribution < -0.4 is 0 Å². The zero-order valence-electron chi connectivity index (χ0n) is 22.9. The Hall–Kier alpha value is -0.860. The lowest BCUT2D eigenvalue weighted by Crippen LogP contribution is -2.45. The van der Waals surface area contributed by atoms with Gasteiger partial charge in [-0.2, -0.15) is 0 Å². The largest absolute Gasteiger partial charge is 0.322 e. The zero-order chi connectivity index (χ0) is 23.7. The fourth-order valence-electron chi connectivity index (χ4n) is 5.15. The van der Waals surface area contributed by atoms with Gasteiger partial charge in [0.15, 0.2) is 0 Å². The van der Waals surface area contributed by atoms with E-state index in [9.17, 15) is 0 Å². The fourth-order valence-corrected chi connectivity index (χ4v) is 5.15. The minimum Gasteiger partial charge on any atom is -0.322 e. The number of benzene rings is 1. The van der Waals surface area contributed by atoms with Gasteiger partial charge in [0.1, 0.15) is 13.1 Å². The van der Waals surface area contributed by atoms with Gasteiger partial charge >= 0.3 is 0 Å². The molecule has 0 aliphatic rings. The van der Waals surface area contributed by atoms with E-state index in [1.54, 1.807) is 0 Å². The van der Waals surface area contributed by atoms with Crippen molar-refractivity contribution in [2.24, 2.45) is 0 Å². The van der Waals surface area contributed by atoms with Gasteiger partial charge in [-0.25, -0.2) is 0 Å². The van der Waals surface area contributed by atoms with Crippen molar-refractivity contribution in [1.29, 1.82) is 0 Å². The summed E-state index contributed by atoms with van der Waals surface area (Å²) in [5, 5.41) is 0. The maximum absolute atomic E-state index is 2.49. The van der Waals surface area contributed by atoms with Crippen LogP contribution >= 0.6 is 0 Å². The molecule has 0 amide bonds. The SMILES string of the molecule is CCCCC[N+](C)(CCCCC)Cc1ccc(C[N+](C)(CCCCC)CCCCC)cc1. The second-order valence-electron chi connectivity index (χ2n) is 11.1. The number of rotatable bonds is 20. The standard InChI is InChI=1S/C30H58N2/c1-7-11-15-23-31(5,24-16-12-8-2)27-29-19-21-30(22-20-29)28-32(6,25-17-13-9-3)26-18-14-10-4/h19-22H,7-18,23-28H2,1-6H3/q+2. The third-order valence-electron chi connectivity index (χ3n) is 7.36. The second-order valence-corrected chi connectivity index (χ2v) is 11.1. The maximum atomic E-state index is 2.49. The predicted octanol–water partition coefficient (Wildman–Crippen LogP) is 8.34. The van der Waals surface area contributed by atoms with E-state index in [2.05, 4.69) is 66.1 Å². The van der Waals surface area contributed by atoms with E-state index < -0.39 is 0 Å². The van der Waals surface area contributed by atoms with Gasteiger partial charge in [-0.05, 0) is 51.4 Å². The smallest absolute Gasteiger partial charge is 0.104 e. The molecule has 0 radical (unpaired) electrons. The molecule has 0 fully saturated rings. The van der Waals surface area contributed by atoms with Crippen molar-refractivity contribution in [2.45, 2.75) is 118 Å². The minimum atomic E-state index is 1.19. The number of unbranched alkanes of at least 4 members (excludes halogenated alkanes) is 8. The summed E-state index contributed by atoms with van der Waals surface area (Å²) in [7, 11) is 4.99. The van der Waals surface area contributed by atoms with Crippen molar-refractivity contribution >= 4 is 0 Å². The number of quaternary nitrogens is 2. The summed E-state index contributed by atoms with van der Waals surface area (Å²) < 4.78 is 2.42. The molecule has 0 atom stereocenters. The molecule has 0 aliphatic carbocycles. The highest BCUT2D eigenvalue weighted by Crippen LogP contribution is 2.20. The van der Waals surface area contributed by atoms with Crippen molar-refractivity contribution in [3.05, 3.63) is 35.4 Å². The average Bonchev–Trinajstić information content (AvgIpc) is 2.76. The third kappa shape index (κ3) is 12.4. The molecule has 0 unspecified atom stereocenters. The molecule has 0 saturated carbocycles. The number of hydrogen-bond acceptors (Lipinski definition) is 0. The lowest BCUT2D eigenvalue weighted by molar-refractivity contribution is -0.923. The molecule has 0 spiro atoms. The Morgan fingerprint density at radius 2 is 0.688 bits per heavy atom. The topological polar surface area (TPSA) is 0 Å². The first-order chi connectivity index (χ1) is 15.4. The van der Waals surface area contributed by atoms with Gasteiger partial charge in [-0.3, -0.25) is 0 Å². The van der Waals surface area contributed by atoms with Gasteiger partial charge in [0.2, 0.25) is 0 Å². The Kier molecular flexibility index (Phi) is 15.2. The van der Waals surface area contributed by atoms with Gasteiger partial charge in [0, 0.05) is 11.1 Å². The van der Waals surface area contributed by atoms with Crippen molar-refractivity contribution in [1.82, 2.24) is 0 Å². The van der Waals surface area contributed by atoms with Gasteiger partial charge < -0.3 is 8.97 Å². The van der Waals surface area contributed by atoms with Crippen molar-refractivity contribution in [2.75, 3.05) is 40.3 Å². The van der Waals surface area contributed by atoms with E-state index in [0.717, 1.165) is 0 Å². The van der Waals surface area contributed by atoms with Gasteiger partial charge in [-0.1, -0.05) is 77.6 Å². The Balaban J connectivity index is 2.78. The molecule has 0 N–H and O–H groups in total. The molecule has 0 bridgehead atoms. The van der Waals surface area contributed by atoms with E-state index in [1.165, 1.54) is 136 Å². The summed E-state index contributed by atoms with van der Waals surface area (Å²) >= 11 is 0. The zero-order valence-corrected chi connectivity index (χ0v) is 22.9. The van der Waals surface area contributed by atoms with Crippen molar-refractivity contribution in [3.63, 3.8) is 0 Å². The Morgan fingerprint density at radius 3 is 0.906 bits per heavy atom. The van der Waals surface area contributed by atoms with Crippen LogP contribution in [0.2, 0.25) is 0 Å². The molecule has 32 heavy (non-hydrogen) atoms. The Bertz CT molecular complexity index is 492. The normalized spacial score (nSPS) is 12.4. The lowest BCUT2D eigenvalue weighted by atomic mass is 10.1. The summed E-state index contributed by atoms with van der Waals surface area (Å²) in [5.74, 6) is 0. The summed E-state index contributed by atoms with van der Waals surface area (Å²) in [6, 6.07) is 9.75. The summed E-state index contributed by atoms with van der Waals surface area (Å²) in [5.41, 5.74) is 3.05. The summed E-state index contributed by atoms with van der Waals surface area (Å²) in [6.07, 6.45) is 16.2. The van der Waals surface area contributed by atoms with Crippen LogP contribution in [-0.4, -0.2) is 49.2 Å². The molecule has 0 aliphatic heterocycles. The highest BCUT2D eigenvalue weighted by molar-refractivity contribution is 5.21. The monoisotopic (exact) mass is 446 g/mol. The van der Waals surface area contributed by atoms with E-state index in [4.69, 9.17) is 0 Å². The molecule has 2 heteroatoms. The molecule has 0 saturated heterocycles. The second kappa shape index (κ2) is 16.7. The number of hydrogen-bond donors (Lipinski definition) is 0. The van der Waals surface area contributed by atoms with Gasteiger partial charge in [0.05, 0.1) is 40.3 Å². The first-order valence-electron chi connectivity index (χ1n) is 14.1. The third-order valence-corrected chi connectivity index (χ3v) is 7.36. The van der Waals surface area contributed by atoms with E-state index in [-0.39, 0.29) is 0 Å². The maximum Gasteiger partial charge on any atom is 0.104 e. The molecule has 1 aromatic rings. The Morgan fingerprint density at radius 1 is 0.438 bits per heavy atom. The van der Waals surface area contributed by atoms with Crippen LogP contribution in [0.5, 0.6) is 0 Å². The molecule has 0 aromatic heterocycles. The molecule has 1 rings (SSSR count). The number of nitrogens with zero attached hydrogens (tertiary/aromatic N) is 2. The molecule has 186 valence electrons. The first kappa shape index (κ1) is 29.2. The summed E-state index contributed by atoms with van der Waals surface area (Å²) in [4.78, 5) is 0. The van der Waals surface area contributed by atoms with Gasteiger partial charge in [0.25, 0.3) is 0 Å². The highest BCUT2D eigenvalue weighted by atomic mass is 15.3. The molecule has 2 nitrogen and oxygen atoms in total. The Labute approximate surface area is 202 Å². The predicted molar refractivity (Wildman–Crippen MR) is 144 cm³/mol. The van der Waals surface area contributed by atoms with E-state index in [1.807, 2.05) is 0 Å². The highest BCUT2D eigenvalue weighted by Gasteiger charge is 2.23. The van der Waals surface area contributed by atoms with E-state index >= 15 is 0 Å². The lowest BCUT2D eigenvalue weighted by Gasteiger charge is -2.36.